The molecule has 0 saturated heterocycles. The van der Waals surface area contributed by atoms with Crippen LogP contribution in [-0.2, 0) is 6.54 Å². The van der Waals surface area contributed by atoms with Crippen LogP contribution < -0.4 is 4.90 Å². The van der Waals surface area contributed by atoms with E-state index in [2.05, 4.69) is 30.9 Å². The van der Waals surface area contributed by atoms with Crippen LogP contribution in [0.15, 0.2) is 4.73 Å². The molecule has 1 heterocycles. The lowest BCUT2D eigenvalue weighted by Gasteiger charge is -2.22. The van der Waals surface area contributed by atoms with Crippen molar-refractivity contribution in [3.8, 4) is 0 Å². The Labute approximate surface area is 110 Å². The molecule has 0 unspecified atom stereocenters. The maximum Gasteiger partial charge on any atom is 0.224 e. The molecule has 0 spiro atoms. The van der Waals surface area contributed by atoms with Crippen molar-refractivity contribution in [3.63, 3.8) is 0 Å². The number of aliphatic hydroxyl groups is 1. The lowest BCUT2D eigenvalue weighted by molar-refractivity contribution is 0.0580. The molecule has 0 radical (unpaired) electrons. The molecule has 1 fully saturated rings. The highest BCUT2D eigenvalue weighted by atomic mass is 79.9. The first-order valence-corrected chi connectivity index (χ1v) is 6.68. The maximum atomic E-state index is 9.86. The molecule has 17 heavy (non-hydrogen) atoms. The van der Waals surface area contributed by atoms with Crippen molar-refractivity contribution in [2.45, 2.75) is 38.8 Å². The predicted octanol–water partition coefficient (Wildman–Crippen LogP) is 1.66. The molecule has 6 heteroatoms. The van der Waals surface area contributed by atoms with E-state index < -0.39 is 5.60 Å². The molecule has 0 bridgehead atoms. The third-order valence-electron chi connectivity index (χ3n) is 2.73. The quantitative estimate of drug-likeness (QED) is 0.899. The van der Waals surface area contributed by atoms with Crippen molar-refractivity contribution in [1.29, 1.82) is 0 Å². The molecule has 1 aromatic heterocycles. The molecule has 96 valence electrons. The van der Waals surface area contributed by atoms with Gasteiger partial charge in [0.1, 0.15) is 0 Å². The fraction of sp³-hybridized carbons (Fsp3) is 0.818. The zero-order valence-corrected chi connectivity index (χ0v) is 12.1. The summed E-state index contributed by atoms with van der Waals surface area (Å²) < 4.78 is 2.33. The van der Waals surface area contributed by atoms with Crippen LogP contribution >= 0.6 is 15.9 Å². The zero-order chi connectivity index (χ0) is 12.6. The second kappa shape index (κ2) is 4.57. The molecule has 0 amide bonds. The Morgan fingerprint density at radius 2 is 2.18 bits per heavy atom. The van der Waals surface area contributed by atoms with Crippen LogP contribution in [0.5, 0.6) is 0 Å². The monoisotopic (exact) mass is 302 g/mol. The first-order chi connectivity index (χ1) is 7.85. The van der Waals surface area contributed by atoms with Crippen molar-refractivity contribution < 1.29 is 5.11 Å². The first-order valence-electron chi connectivity index (χ1n) is 5.89. The molecular formula is C11H19BrN4O. The largest absolute Gasteiger partial charge is 0.389 e. The van der Waals surface area contributed by atoms with Gasteiger partial charge < -0.3 is 10.0 Å². The summed E-state index contributed by atoms with van der Waals surface area (Å²) in [6.07, 6.45) is 2.62. The molecule has 0 aromatic carbocycles. The number of rotatable bonds is 5. The van der Waals surface area contributed by atoms with E-state index >= 15 is 0 Å². The van der Waals surface area contributed by atoms with Gasteiger partial charge in [-0.3, -0.25) is 0 Å². The third kappa shape index (κ3) is 3.67. The van der Waals surface area contributed by atoms with Crippen LogP contribution in [0.1, 0.15) is 26.7 Å². The Hall–Kier alpha value is -0.620. The van der Waals surface area contributed by atoms with Gasteiger partial charge in [-0.15, -0.1) is 5.10 Å². The summed E-state index contributed by atoms with van der Waals surface area (Å²) in [5, 5.41) is 14.1. The van der Waals surface area contributed by atoms with E-state index in [-0.39, 0.29) is 0 Å². The summed E-state index contributed by atoms with van der Waals surface area (Å²) in [6.45, 7) is 4.99. The summed E-state index contributed by atoms with van der Waals surface area (Å²) in [5.74, 6) is 1.61. The maximum absolute atomic E-state index is 9.86. The summed E-state index contributed by atoms with van der Waals surface area (Å²) >= 11 is 3.29. The van der Waals surface area contributed by atoms with Crippen LogP contribution in [0.25, 0.3) is 0 Å². The van der Waals surface area contributed by atoms with Gasteiger partial charge in [-0.2, -0.15) is 4.98 Å². The van der Waals surface area contributed by atoms with Crippen LogP contribution in [0.4, 0.5) is 5.95 Å². The highest BCUT2D eigenvalue weighted by Crippen LogP contribution is 2.30. The van der Waals surface area contributed by atoms with Gasteiger partial charge in [-0.25, -0.2) is 4.68 Å². The topological polar surface area (TPSA) is 54.2 Å². The SMILES string of the molecule is CN(CC1CC1)c1nc(Br)nn1CC(C)(C)O. The number of aromatic nitrogens is 3. The molecule has 2 rings (SSSR count). The highest BCUT2D eigenvalue weighted by molar-refractivity contribution is 9.10. The summed E-state index contributed by atoms with van der Waals surface area (Å²) in [6, 6.07) is 0. The first kappa shape index (κ1) is 12.8. The van der Waals surface area contributed by atoms with E-state index in [9.17, 15) is 5.11 Å². The lowest BCUT2D eigenvalue weighted by atomic mass is 10.1. The van der Waals surface area contributed by atoms with Crippen molar-refractivity contribution in [3.05, 3.63) is 4.73 Å². The summed E-state index contributed by atoms with van der Waals surface area (Å²) in [4.78, 5) is 6.47. The van der Waals surface area contributed by atoms with E-state index in [1.165, 1.54) is 12.8 Å². The normalized spacial score (nSPS) is 16.3. The second-order valence-corrected chi connectivity index (χ2v) is 6.18. The number of anilines is 1. The molecule has 1 saturated carbocycles. The fourth-order valence-corrected chi connectivity index (χ4v) is 2.18. The average molecular weight is 303 g/mol. The van der Waals surface area contributed by atoms with Gasteiger partial charge in [0, 0.05) is 13.6 Å². The number of halogens is 1. The molecule has 5 nitrogen and oxygen atoms in total. The Kier molecular flexibility index (Phi) is 3.45. The van der Waals surface area contributed by atoms with Gasteiger partial charge in [-0.1, -0.05) is 0 Å². The van der Waals surface area contributed by atoms with Gasteiger partial charge in [0.15, 0.2) is 0 Å². The van der Waals surface area contributed by atoms with Crippen LogP contribution in [-0.4, -0.2) is 39.1 Å². The molecule has 1 N–H and O–H groups in total. The molecule has 1 aliphatic rings. The van der Waals surface area contributed by atoms with E-state index in [0.717, 1.165) is 18.4 Å². The van der Waals surface area contributed by atoms with Crippen LogP contribution in [0, 0.1) is 5.92 Å². The van der Waals surface area contributed by atoms with Gasteiger partial charge in [0.25, 0.3) is 0 Å². The van der Waals surface area contributed by atoms with Crippen molar-refractivity contribution in [1.82, 2.24) is 14.8 Å². The van der Waals surface area contributed by atoms with Gasteiger partial charge in [-0.05, 0) is 48.5 Å². The van der Waals surface area contributed by atoms with Gasteiger partial charge >= 0.3 is 0 Å². The van der Waals surface area contributed by atoms with E-state index in [1.54, 1.807) is 18.5 Å². The standard InChI is InChI=1S/C11H19BrN4O/c1-11(2,17)7-16-10(13-9(12)14-16)15(3)6-8-4-5-8/h8,17H,4-7H2,1-3H3. The Morgan fingerprint density at radius 1 is 1.53 bits per heavy atom. The molecule has 0 atom stereocenters. The van der Waals surface area contributed by atoms with E-state index in [4.69, 9.17) is 0 Å². The highest BCUT2D eigenvalue weighted by Gasteiger charge is 2.26. The average Bonchev–Trinajstić information content (AvgIpc) is 2.88. The minimum atomic E-state index is -0.789. The number of hydrogen-bond acceptors (Lipinski definition) is 4. The molecule has 1 aromatic rings. The van der Waals surface area contributed by atoms with E-state index in [0.29, 0.717) is 11.3 Å². The Bertz CT molecular complexity index is 395. The van der Waals surface area contributed by atoms with Crippen molar-refractivity contribution in [2.24, 2.45) is 5.92 Å². The smallest absolute Gasteiger partial charge is 0.224 e. The lowest BCUT2D eigenvalue weighted by Crippen LogP contribution is -2.30. The number of hydrogen-bond donors (Lipinski definition) is 1. The third-order valence-corrected chi connectivity index (χ3v) is 3.07. The molecular weight excluding hydrogens is 284 g/mol. The zero-order valence-electron chi connectivity index (χ0n) is 10.5. The van der Waals surface area contributed by atoms with Crippen molar-refractivity contribution in [2.75, 3.05) is 18.5 Å². The fourth-order valence-electron chi connectivity index (χ4n) is 1.83. The Balaban J connectivity index is 2.13. The summed E-state index contributed by atoms with van der Waals surface area (Å²) in [7, 11) is 2.02. The minimum Gasteiger partial charge on any atom is -0.389 e. The molecule has 1 aliphatic carbocycles. The van der Waals surface area contributed by atoms with Crippen LogP contribution in [0.2, 0.25) is 0 Å². The Morgan fingerprint density at radius 3 is 2.71 bits per heavy atom. The van der Waals surface area contributed by atoms with Crippen LogP contribution in [0.3, 0.4) is 0 Å². The predicted molar refractivity (Wildman–Crippen MR) is 70.0 cm³/mol. The second-order valence-electron chi connectivity index (χ2n) is 5.47. The minimum absolute atomic E-state index is 0.440. The molecule has 0 aliphatic heterocycles. The van der Waals surface area contributed by atoms with Gasteiger partial charge in [0.05, 0.1) is 12.1 Å². The summed E-state index contributed by atoms with van der Waals surface area (Å²) in [5.41, 5.74) is -0.789. The van der Waals surface area contributed by atoms with Crippen molar-refractivity contribution >= 4 is 21.9 Å². The van der Waals surface area contributed by atoms with Gasteiger partial charge in [0.2, 0.25) is 10.7 Å². The van der Waals surface area contributed by atoms with E-state index in [1.807, 2.05) is 7.05 Å². The number of nitrogens with zero attached hydrogens (tertiary/aromatic N) is 4.